The van der Waals surface area contributed by atoms with Crippen molar-refractivity contribution in [1.29, 1.82) is 0 Å². The van der Waals surface area contributed by atoms with Crippen LogP contribution < -0.4 is 5.32 Å². The van der Waals surface area contributed by atoms with E-state index in [4.69, 9.17) is 4.74 Å². The van der Waals surface area contributed by atoms with Crippen LogP contribution in [-0.4, -0.2) is 48.7 Å². The van der Waals surface area contributed by atoms with Crippen LogP contribution in [0.2, 0.25) is 0 Å². The van der Waals surface area contributed by atoms with Gasteiger partial charge < -0.3 is 15.0 Å². The molecule has 1 amide bonds. The molecule has 2 heterocycles. The Hall–Kier alpha value is -0.610. The Labute approximate surface area is 91.0 Å². The molecule has 0 aromatic carbocycles. The van der Waals surface area contributed by atoms with Crippen molar-refractivity contribution < 1.29 is 9.53 Å². The third-order valence-corrected chi connectivity index (χ3v) is 3.19. The molecular formula is C11H20N2O2. The number of rotatable bonds is 1. The molecule has 3 unspecified atom stereocenters. The molecule has 2 fully saturated rings. The molecule has 3 atom stereocenters. The van der Waals surface area contributed by atoms with Gasteiger partial charge in [-0.3, -0.25) is 4.79 Å². The quantitative estimate of drug-likeness (QED) is 0.683. The molecule has 0 aliphatic carbocycles. The summed E-state index contributed by atoms with van der Waals surface area (Å²) in [6.07, 6.45) is 1.97. The maximum atomic E-state index is 12.1. The minimum Gasteiger partial charge on any atom is -0.365 e. The average molecular weight is 212 g/mol. The molecular weight excluding hydrogens is 192 g/mol. The lowest BCUT2D eigenvalue weighted by atomic mass is 10.1. The number of hydrogen-bond donors (Lipinski definition) is 1. The van der Waals surface area contributed by atoms with E-state index in [-0.39, 0.29) is 18.1 Å². The number of ether oxygens (including phenoxy) is 1. The summed E-state index contributed by atoms with van der Waals surface area (Å²) in [5, 5.41) is 3.33. The van der Waals surface area contributed by atoms with Crippen LogP contribution in [0.4, 0.5) is 0 Å². The monoisotopic (exact) mass is 212 g/mol. The summed E-state index contributed by atoms with van der Waals surface area (Å²) in [6.45, 7) is 6.67. The summed E-state index contributed by atoms with van der Waals surface area (Å²) in [4.78, 5) is 14.0. The van der Waals surface area contributed by atoms with Crippen molar-refractivity contribution in [2.75, 3.05) is 19.6 Å². The highest BCUT2D eigenvalue weighted by Crippen LogP contribution is 2.21. The lowest BCUT2D eigenvalue weighted by Gasteiger charge is -2.33. The van der Waals surface area contributed by atoms with Gasteiger partial charge in [0.1, 0.15) is 6.10 Å². The molecule has 0 spiro atoms. The fourth-order valence-electron chi connectivity index (χ4n) is 2.32. The van der Waals surface area contributed by atoms with Gasteiger partial charge in [-0.15, -0.1) is 0 Å². The third kappa shape index (κ3) is 2.49. The van der Waals surface area contributed by atoms with Gasteiger partial charge in [0.15, 0.2) is 0 Å². The van der Waals surface area contributed by atoms with Crippen LogP contribution in [0.5, 0.6) is 0 Å². The topological polar surface area (TPSA) is 41.6 Å². The smallest absolute Gasteiger partial charge is 0.251 e. The summed E-state index contributed by atoms with van der Waals surface area (Å²) < 4.78 is 5.60. The Bertz CT molecular complexity index is 245. The van der Waals surface area contributed by atoms with Gasteiger partial charge >= 0.3 is 0 Å². The van der Waals surface area contributed by atoms with Gasteiger partial charge in [0, 0.05) is 25.7 Å². The number of hydrogen-bond acceptors (Lipinski definition) is 3. The van der Waals surface area contributed by atoms with Crippen molar-refractivity contribution in [1.82, 2.24) is 10.2 Å². The standard InChI is InChI=1S/C11H20N2O2/c1-8-7-13(6-5-12-8)11(14)10-4-3-9(2)15-10/h8-10,12H,3-7H2,1-2H3. The number of piperazine rings is 1. The Kier molecular flexibility index (Phi) is 3.26. The molecule has 0 saturated carbocycles. The van der Waals surface area contributed by atoms with Crippen molar-refractivity contribution >= 4 is 5.91 Å². The second-order valence-corrected chi connectivity index (χ2v) is 4.65. The van der Waals surface area contributed by atoms with E-state index in [9.17, 15) is 4.79 Å². The predicted molar refractivity (Wildman–Crippen MR) is 57.6 cm³/mol. The van der Waals surface area contributed by atoms with E-state index in [1.165, 1.54) is 0 Å². The van der Waals surface area contributed by atoms with Crippen molar-refractivity contribution in [3.8, 4) is 0 Å². The molecule has 0 bridgehead atoms. The summed E-state index contributed by atoms with van der Waals surface area (Å²) >= 11 is 0. The highest BCUT2D eigenvalue weighted by Gasteiger charge is 2.32. The first-order chi connectivity index (χ1) is 7.16. The van der Waals surface area contributed by atoms with Gasteiger partial charge in [-0.2, -0.15) is 0 Å². The van der Waals surface area contributed by atoms with E-state index < -0.39 is 0 Å². The zero-order chi connectivity index (χ0) is 10.8. The van der Waals surface area contributed by atoms with Crippen LogP contribution in [-0.2, 0) is 9.53 Å². The van der Waals surface area contributed by atoms with Crippen LogP contribution in [0.3, 0.4) is 0 Å². The van der Waals surface area contributed by atoms with E-state index in [0.29, 0.717) is 6.04 Å². The van der Waals surface area contributed by atoms with Crippen molar-refractivity contribution in [3.05, 3.63) is 0 Å². The molecule has 15 heavy (non-hydrogen) atoms. The predicted octanol–water partition coefficient (Wildman–Crippen LogP) is 0.374. The molecule has 4 nitrogen and oxygen atoms in total. The molecule has 2 saturated heterocycles. The summed E-state index contributed by atoms with van der Waals surface area (Å²) in [6, 6.07) is 0.404. The van der Waals surface area contributed by atoms with Crippen LogP contribution in [0, 0.1) is 0 Å². The molecule has 1 N–H and O–H groups in total. The van der Waals surface area contributed by atoms with E-state index in [0.717, 1.165) is 32.5 Å². The largest absolute Gasteiger partial charge is 0.365 e. The van der Waals surface area contributed by atoms with Gasteiger partial charge in [-0.05, 0) is 26.7 Å². The number of nitrogens with one attached hydrogen (secondary N) is 1. The molecule has 0 aromatic rings. The minimum absolute atomic E-state index is 0.176. The highest BCUT2D eigenvalue weighted by atomic mass is 16.5. The van der Waals surface area contributed by atoms with Gasteiger partial charge in [0.2, 0.25) is 0 Å². The van der Waals surface area contributed by atoms with E-state index in [2.05, 4.69) is 12.2 Å². The van der Waals surface area contributed by atoms with Crippen molar-refractivity contribution in [2.24, 2.45) is 0 Å². The molecule has 0 aromatic heterocycles. The lowest BCUT2D eigenvalue weighted by Crippen LogP contribution is -2.53. The second kappa shape index (κ2) is 4.49. The van der Waals surface area contributed by atoms with E-state index in [1.807, 2.05) is 11.8 Å². The fourth-order valence-corrected chi connectivity index (χ4v) is 2.32. The minimum atomic E-state index is -0.176. The van der Waals surface area contributed by atoms with E-state index >= 15 is 0 Å². The van der Waals surface area contributed by atoms with Crippen LogP contribution in [0.25, 0.3) is 0 Å². The average Bonchev–Trinajstić information content (AvgIpc) is 2.64. The summed E-state index contributed by atoms with van der Waals surface area (Å²) in [5.41, 5.74) is 0. The molecule has 86 valence electrons. The second-order valence-electron chi connectivity index (χ2n) is 4.65. The van der Waals surface area contributed by atoms with Gasteiger partial charge in [-0.25, -0.2) is 0 Å². The Morgan fingerprint density at radius 1 is 1.40 bits per heavy atom. The van der Waals surface area contributed by atoms with Crippen LogP contribution >= 0.6 is 0 Å². The zero-order valence-electron chi connectivity index (χ0n) is 9.53. The first-order valence-electron chi connectivity index (χ1n) is 5.84. The van der Waals surface area contributed by atoms with E-state index in [1.54, 1.807) is 0 Å². The third-order valence-electron chi connectivity index (χ3n) is 3.19. The maximum absolute atomic E-state index is 12.1. The highest BCUT2D eigenvalue weighted by molar-refractivity contribution is 5.81. The molecule has 2 rings (SSSR count). The molecule has 2 aliphatic rings. The SMILES string of the molecule is CC1CN(C(=O)C2CCC(C)O2)CCN1. The molecule has 4 heteroatoms. The number of nitrogens with zero attached hydrogens (tertiary/aromatic N) is 1. The normalized spacial score (nSPS) is 36.9. The van der Waals surface area contributed by atoms with Crippen molar-refractivity contribution in [2.45, 2.75) is 44.9 Å². The first kappa shape index (κ1) is 10.9. The number of carbonyl (C=O) groups excluding carboxylic acids is 1. The number of amides is 1. The first-order valence-corrected chi connectivity index (χ1v) is 5.84. The summed E-state index contributed by atoms with van der Waals surface area (Å²) in [7, 11) is 0. The van der Waals surface area contributed by atoms with Crippen molar-refractivity contribution in [3.63, 3.8) is 0 Å². The molecule has 0 radical (unpaired) electrons. The Balaban J connectivity index is 1.89. The number of carbonyl (C=O) groups is 1. The van der Waals surface area contributed by atoms with Crippen LogP contribution in [0.1, 0.15) is 26.7 Å². The zero-order valence-corrected chi connectivity index (χ0v) is 9.53. The van der Waals surface area contributed by atoms with Gasteiger partial charge in [0.25, 0.3) is 5.91 Å². The Morgan fingerprint density at radius 3 is 2.80 bits per heavy atom. The lowest BCUT2D eigenvalue weighted by molar-refractivity contribution is -0.143. The molecule has 2 aliphatic heterocycles. The van der Waals surface area contributed by atoms with Gasteiger partial charge in [0.05, 0.1) is 6.10 Å². The fraction of sp³-hybridized carbons (Fsp3) is 0.909. The van der Waals surface area contributed by atoms with Crippen LogP contribution in [0.15, 0.2) is 0 Å². The van der Waals surface area contributed by atoms with Gasteiger partial charge in [-0.1, -0.05) is 0 Å². The summed E-state index contributed by atoms with van der Waals surface area (Å²) in [5.74, 6) is 0.188. The maximum Gasteiger partial charge on any atom is 0.251 e. The Morgan fingerprint density at radius 2 is 2.20 bits per heavy atom.